The highest BCUT2D eigenvalue weighted by Gasteiger charge is 2.41. The van der Waals surface area contributed by atoms with Gasteiger partial charge in [0.2, 0.25) is 5.91 Å². The number of hydrogen-bond donors (Lipinski definition) is 7. The maximum absolute atomic E-state index is 11.9. The number of likely N-dealkylation sites (tertiary alicyclic amines) is 1. The quantitative estimate of drug-likeness (QED) is 0.221. The highest BCUT2D eigenvalue weighted by molar-refractivity contribution is 5.87. The van der Waals surface area contributed by atoms with Gasteiger partial charge in [0.05, 0.1) is 25.0 Å². The lowest BCUT2D eigenvalue weighted by Crippen LogP contribution is -2.75. The van der Waals surface area contributed by atoms with Gasteiger partial charge < -0.3 is 10.1 Å². The molecule has 1 amide bonds. The van der Waals surface area contributed by atoms with Gasteiger partial charge in [0.1, 0.15) is 18.0 Å². The average Bonchev–Trinajstić information content (AvgIpc) is 3.43. The van der Waals surface area contributed by atoms with Crippen LogP contribution >= 0.6 is 0 Å². The fraction of sp³-hybridized carbons (Fsp3) is 0.750. The fourth-order valence-electron chi connectivity index (χ4n) is 7.33. The minimum atomic E-state index is -0.0699. The van der Waals surface area contributed by atoms with Crippen LogP contribution < -0.4 is 37.3 Å². The normalized spacial score (nSPS) is 40.8. The molecule has 1 aliphatic carbocycles. The number of carbonyl (C=O) groups is 1. The van der Waals surface area contributed by atoms with Gasteiger partial charge in [-0.3, -0.25) is 41.3 Å². The van der Waals surface area contributed by atoms with E-state index in [9.17, 15) is 4.79 Å². The Morgan fingerprint density at radius 2 is 2.05 bits per heavy atom. The number of hydrogen-bond acceptors (Lipinski definition) is 10. The lowest BCUT2D eigenvalue weighted by atomic mass is 9.83. The number of nitrogens with zero attached hydrogens (tertiary/aromatic N) is 2. The molecule has 5 fully saturated rings. The summed E-state index contributed by atoms with van der Waals surface area (Å²) in [5.41, 5.74) is 3.28. The molecule has 0 aromatic heterocycles. The fourth-order valence-corrected chi connectivity index (χ4v) is 7.33. The smallest absolute Gasteiger partial charge is 0.243 e. The molecule has 0 radical (unpaired) electrons. The highest BCUT2D eigenvalue weighted by atomic mass is 16.5. The van der Waals surface area contributed by atoms with Crippen LogP contribution in [0.25, 0.3) is 0 Å². The number of fused-ring (bicyclic) bond motifs is 2. The molecule has 216 valence electrons. The Balaban J connectivity index is 1.01. The molecule has 0 spiro atoms. The molecule has 5 heterocycles. The summed E-state index contributed by atoms with van der Waals surface area (Å²) in [4.78, 5) is 14.4. The second kappa shape index (κ2) is 12.3. The SMILES string of the molecule is C=CC(=O)N[C@@H]1CCCN(C2CCC3NCNC(NC4CCC(OC5=CC6NCNN6C=C5)C(C)C4)C3N2)C1. The summed E-state index contributed by atoms with van der Waals surface area (Å²) in [6.45, 7) is 9.52. The van der Waals surface area contributed by atoms with Gasteiger partial charge in [0, 0.05) is 37.5 Å². The van der Waals surface area contributed by atoms with Gasteiger partial charge in [-0.25, -0.2) is 5.43 Å². The first-order valence-electron chi connectivity index (χ1n) is 15.0. The monoisotopic (exact) mass is 541 g/mol. The summed E-state index contributed by atoms with van der Waals surface area (Å²) >= 11 is 0. The molecule has 4 saturated heterocycles. The molecule has 0 aromatic carbocycles. The third-order valence-electron chi connectivity index (χ3n) is 9.43. The third kappa shape index (κ3) is 6.35. The number of piperidine rings is 2. The van der Waals surface area contributed by atoms with Crippen LogP contribution in [0.3, 0.4) is 0 Å². The number of carbonyl (C=O) groups excluding carboxylic acids is 1. The average molecular weight is 542 g/mol. The van der Waals surface area contributed by atoms with Crippen LogP contribution in [0.1, 0.15) is 51.9 Å². The van der Waals surface area contributed by atoms with Crippen molar-refractivity contribution in [1.82, 2.24) is 47.2 Å². The summed E-state index contributed by atoms with van der Waals surface area (Å²) in [6, 6.07) is 1.45. The van der Waals surface area contributed by atoms with Crippen LogP contribution in [0.2, 0.25) is 0 Å². The van der Waals surface area contributed by atoms with Crippen LogP contribution in [-0.2, 0) is 9.53 Å². The second-order valence-corrected chi connectivity index (χ2v) is 12.1. The zero-order valence-corrected chi connectivity index (χ0v) is 23.2. The van der Waals surface area contributed by atoms with Crippen molar-refractivity contribution in [3.05, 3.63) is 36.8 Å². The van der Waals surface area contributed by atoms with Crippen molar-refractivity contribution in [2.45, 2.75) is 101 Å². The summed E-state index contributed by atoms with van der Waals surface area (Å²) in [5.74, 6) is 1.39. The predicted octanol–water partition coefficient (Wildman–Crippen LogP) is -0.0559. The zero-order valence-electron chi connectivity index (χ0n) is 23.2. The van der Waals surface area contributed by atoms with Crippen molar-refractivity contribution in [3.8, 4) is 0 Å². The maximum atomic E-state index is 11.9. The Bertz CT molecular complexity index is 944. The van der Waals surface area contributed by atoms with Crippen LogP contribution in [0, 0.1) is 5.92 Å². The zero-order chi connectivity index (χ0) is 26.8. The molecule has 8 unspecified atom stereocenters. The number of rotatable bonds is 7. The first kappa shape index (κ1) is 27.2. The van der Waals surface area contributed by atoms with Gasteiger partial charge in [0.15, 0.2) is 0 Å². The van der Waals surface area contributed by atoms with E-state index < -0.39 is 0 Å². The van der Waals surface area contributed by atoms with E-state index in [1.165, 1.54) is 6.08 Å². The van der Waals surface area contributed by atoms with Gasteiger partial charge >= 0.3 is 0 Å². The first-order valence-corrected chi connectivity index (χ1v) is 15.0. The van der Waals surface area contributed by atoms with E-state index in [1.807, 2.05) is 0 Å². The predicted molar refractivity (Wildman–Crippen MR) is 150 cm³/mol. The summed E-state index contributed by atoms with van der Waals surface area (Å²) in [5, 5.41) is 24.0. The standard InChI is InChI=1S/C28H47N9O2/c1-3-26(38)33-20-5-4-11-36(15-20)24-9-7-22-27(35-24)28(31-16-29-22)34-19-6-8-23(18(2)13-19)39-21-10-12-37-25(14-21)30-17-32-37/h3,10,12,14,18-20,22-25,27-32,34-35H,1,4-9,11,13,15-17H2,2H3,(H,33,38)/t18?,19?,20-,22?,23?,24?,25?,27?,28?/m1/s1. The minimum Gasteiger partial charge on any atom is -0.490 e. The molecule has 6 rings (SSSR count). The van der Waals surface area contributed by atoms with Crippen molar-refractivity contribution in [3.63, 3.8) is 0 Å². The van der Waals surface area contributed by atoms with Crippen molar-refractivity contribution in [2.75, 3.05) is 26.4 Å². The summed E-state index contributed by atoms with van der Waals surface area (Å²) in [6.07, 6.45) is 16.4. The molecule has 39 heavy (non-hydrogen) atoms. The molecule has 7 N–H and O–H groups in total. The Morgan fingerprint density at radius 1 is 1.13 bits per heavy atom. The largest absolute Gasteiger partial charge is 0.490 e. The maximum Gasteiger partial charge on any atom is 0.243 e. The van der Waals surface area contributed by atoms with Crippen LogP contribution in [0.15, 0.2) is 36.8 Å². The Labute approximate surface area is 232 Å². The molecular formula is C28H47N9O2. The van der Waals surface area contributed by atoms with Gasteiger partial charge in [-0.2, -0.15) is 0 Å². The van der Waals surface area contributed by atoms with Crippen molar-refractivity contribution in [1.29, 1.82) is 0 Å². The lowest BCUT2D eigenvalue weighted by Gasteiger charge is -2.50. The summed E-state index contributed by atoms with van der Waals surface area (Å²) in [7, 11) is 0. The first-order chi connectivity index (χ1) is 19.1. The van der Waals surface area contributed by atoms with Gasteiger partial charge in [-0.05, 0) is 75.6 Å². The van der Waals surface area contributed by atoms with Gasteiger partial charge in [-0.1, -0.05) is 13.5 Å². The van der Waals surface area contributed by atoms with E-state index in [4.69, 9.17) is 4.74 Å². The van der Waals surface area contributed by atoms with E-state index in [-0.39, 0.29) is 30.4 Å². The molecule has 0 aromatic rings. The number of amides is 1. The van der Waals surface area contributed by atoms with E-state index in [0.29, 0.717) is 30.2 Å². The summed E-state index contributed by atoms with van der Waals surface area (Å²) < 4.78 is 6.47. The van der Waals surface area contributed by atoms with Crippen molar-refractivity contribution < 1.29 is 9.53 Å². The molecule has 11 heteroatoms. The number of nitrogens with one attached hydrogen (secondary N) is 7. The second-order valence-electron chi connectivity index (χ2n) is 12.1. The van der Waals surface area contributed by atoms with Crippen LogP contribution in [0.5, 0.6) is 0 Å². The van der Waals surface area contributed by atoms with E-state index in [2.05, 4.69) is 79.1 Å². The molecular weight excluding hydrogens is 494 g/mol. The van der Waals surface area contributed by atoms with Gasteiger partial charge in [-0.15, -0.1) is 0 Å². The number of allylic oxidation sites excluding steroid dienone is 1. The lowest BCUT2D eigenvalue weighted by molar-refractivity contribution is -0.117. The highest BCUT2D eigenvalue weighted by Crippen LogP contribution is 2.31. The number of ether oxygens (including phenoxy) is 1. The van der Waals surface area contributed by atoms with Crippen molar-refractivity contribution in [2.24, 2.45) is 5.92 Å². The molecule has 1 saturated carbocycles. The third-order valence-corrected chi connectivity index (χ3v) is 9.43. The van der Waals surface area contributed by atoms with E-state index in [1.54, 1.807) is 0 Å². The van der Waals surface area contributed by atoms with Crippen LogP contribution in [-0.4, -0.2) is 91.0 Å². The Hall–Kier alpha value is -1.99. The minimum absolute atomic E-state index is 0.0699. The van der Waals surface area contributed by atoms with Crippen molar-refractivity contribution >= 4 is 5.91 Å². The van der Waals surface area contributed by atoms with E-state index in [0.717, 1.165) is 77.1 Å². The molecule has 11 nitrogen and oxygen atoms in total. The molecule has 5 aliphatic heterocycles. The van der Waals surface area contributed by atoms with E-state index >= 15 is 0 Å². The molecule has 0 bridgehead atoms. The van der Waals surface area contributed by atoms with Gasteiger partial charge in [0.25, 0.3) is 0 Å². The van der Waals surface area contributed by atoms with Crippen LogP contribution in [0.4, 0.5) is 0 Å². The molecule has 6 aliphatic rings. The topological polar surface area (TPSA) is 117 Å². The Kier molecular flexibility index (Phi) is 8.55. The Morgan fingerprint density at radius 3 is 2.92 bits per heavy atom. The number of hydrazine groups is 1. The molecule has 9 atom stereocenters.